The zero-order valence-electron chi connectivity index (χ0n) is 18.0. The van der Waals surface area contributed by atoms with Crippen LogP contribution in [0.25, 0.3) is 11.1 Å². The molecular weight excluding hydrogens is 404 g/mol. The van der Waals surface area contributed by atoms with Gasteiger partial charge in [-0.05, 0) is 84.8 Å². The van der Waals surface area contributed by atoms with Gasteiger partial charge in [0.2, 0.25) is 18.6 Å². The molecule has 0 saturated heterocycles. The predicted octanol–water partition coefficient (Wildman–Crippen LogP) is 4.96. The first-order valence-corrected chi connectivity index (χ1v) is 10.6. The minimum absolute atomic E-state index is 0. The summed E-state index contributed by atoms with van der Waals surface area (Å²) in [5.41, 5.74) is 10.8. The van der Waals surface area contributed by atoms with E-state index in [0.29, 0.717) is 22.7 Å². The normalized spacial score (nSPS) is 15.3. The van der Waals surface area contributed by atoms with E-state index in [1.165, 1.54) is 0 Å². The number of anilines is 1. The Balaban J connectivity index is 0.00000162. The summed E-state index contributed by atoms with van der Waals surface area (Å²) in [4.78, 5) is 25.0. The van der Waals surface area contributed by atoms with E-state index in [1.807, 2.05) is 62.4 Å². The molecule has 1 fully saturated rings. The van der Waals surface area contributed by atoms with Crippen LogP contribution in [0.15, 0.2) is 54.6 Å². The van der Waals surface area contributed by atoms with Crippen molar-refractivity contribution in [3.63, 3.8) is 0 Å². The van der Waals surface area contributed by atoms with Crippen LogP contribution in [0.3, 0.4) is 0 Å². The first-order valence-electron chi connectivity index (χ1n) is 10.6. The van der Waals surface area contributed by atoms with Gasteiger partial charge in [0.1, 0.15) is 0 Å². The number of ether oxygens (including phenoxy) is 2. The zero-order valence-corrected chi connectivity index (χ0v) is 18.0. The monoisotopic (exact) mass is 432 g/mol. The van der Waals surface area contributed by atoms with Gasteiger partial charge in [0.15, 0.2) is 11.5 Å². The average molecular weight is 433 g/mol. The largest absolute Gasteiger partial charge is 0.454 e. The molecule has 5 rings (SSSR count). The third-order valence-corrected chi connectivity index (χ3v) is 6.42. The summed E-state index contributed by atoms with van der Waals surface area (Å²) >= 11 is 0. The Bertz CT molecular complexity index is 1270. The first kappa shape index (κ1) is 20.1. The van der Waals surface area contributed by atoms with E-state index < -0.39 is 11.3 Å². The average Bonchev–Trinajstić information content (AvgIpc) is 3.46. The molecule has 0 spiro atoms. The van der Waals surface area contributed by atoms with Gasteiger partial charge in [-0.1, -0.05) is 24.3 Å². The smallest absolute Gasteiger partial charge is 0.248 e. The molecule has 6 nitrogen and oxygen atoms in total. The molecule has 166 valence electrons. The highest BCUT2D eigenvalue weighted by molar-refractivity contribution is 6.02. The van der Waals surface area contributed by atoms with Crippen LogP contribution in [0.5, 0.6) is 11.5 Å². The fraction of sp³-hybridized carbons (Fsp3) is 0.231. The molecule has 0 radical (unpaired) electrons. The SMILES string of the molecule is Cc1ccc(-c2cc(NC(=O)C3(c4ccc5c(c4)OCO5)CC3)ccc2C)cc1C(N)=O.[HH].[HH]. The number of nitrogens with one attached hydrogen (secondary N) is 1. The molecule has 0 unspecified atom stereocenters. The lowest BCUT2D eigenvalue weighted by Crippen LogP contribution is -2.27. The number of aryl methyl sites for hydroxylation is 2. The van der Waals surface area contributed by atoms with Crippen LogP contribution >= 0.6 is 0 Å². The summed E-state index contributed by atoms with van der Waals surface area (Å²) in [5.74, 6) is 0.907. The van der Waals surface area contributed by atoms with Crippen molar-refractivity contribution in [1.29, 1.82) is 0 Å². The maximum atomic E-state index is 13.3. The lowest BCUT2D eigenvalue weighted by molar-refractivity contribution is -0.118. The summed E-state index contributed by atoms with van der Waals surface area (Å²) in [5, 5.41) is 3.09. The van der Waals surface area contributed by atoms with Crippen LogP contribution in [0.2, 0.25) is 0 Å². The zero-order chi connectivity index (χ0) is 22.5. The molecule has 2 aliphatic rings. The highest BCUT2D eigenvalue weighted by Gasteiger charge is 2.51. The fourth-order valence-corrected chi connectivity index (χ4v) is 4.28. The van der Waals surface area contributed by atoms with Gasteiger partial charge in [-0.2, -0.15) is 0 Å². The quantitative estimate of drug-likeness (QED) is 0.596. The number of carbonyl (C=O) groups is 2. The standard InChI is InChI=1S/C26H24N2O4.2H2/c1-15-4-7-19(13-20(15)17-5-3-16(2)21(11-17)24(27)29)28-25(30)26(9-10-26)18-6-8-22-23(12-18)32-14-31-22;;/h3-8,11-13H,9-10,14H2,1-2H3,(H2,27,29)(H,28,30);2*1H. The molecule has 3 aromatic carbocycles. The summed E-state index contributed by atoms with van der Waals surface area (Å²) < 4.78 is 10.9. The van der Waals surface area contributed by atoms with Gasteiger partial charge in [-0.25, -0.2) is 0 Å². The van der Waals surface area contributed by atoms with Gasteiger partial charge in [0.05, 0.1) is 5.41 Å². The van der Waals surface area contributed by atoms with E-state index >= 15 is 0 Å². The molecule has 1 aliphatic heterocycles. The van der Waals surface area contributed by atoms with Crippen molar-refractivity contribution < 1.29 is 21.9 Å². The van der Waals surface area contributed by atoms with E-state index in [9.17, 15) is 9.59 Å². The summed E-state index contributed by atoms with van der Waals surface area (Å²) in [7, 11) is 0. The number of nitrogens with two attached hydrogens (primary N) is 1. The third kappa shape index (κ3) is 3.38. The van der Waals surface area contributed by atoms with E-state index in [-0.39, 0.29) is 15.6 Å². The Kier molecular flexibility index (Phi) is 4.66. The van der Waals surface area contributed by atoms with Crippen molar-refractivity contribution in [2.24, 2.45) is 5.73 Å². The maximum Gasteiger partial charge on any atom is 0.248 e. The lowest BCUT2D eigenvalue weighted by atomic mass is 9.93. The van der Waals surface area contributed by atoms with Crippen molar-refractivity contribution >= 4 is 17.5 Å². The Morgan fingerprint density at radius 1 is 0.938 bits per heavy atom. The van der Waals surface area contributed by atoms with Crippen LogP contribution in [0.1, 0.15) is 42.7 Å². The second kappa shape index (κ2) is 7.41. The second-order valence-electron chi connectivity index (χ2n) is 8.53. The van der Waals surface area contributed by atoms with Crippen LogP contribution in [0.4, 0.5) is 5.69 Å². The number of hydrogen-bond acceptors (Lipinski definition) is 4. The lowest BCUT2D eigenvalue weighted by Gasteiger charge is -2.17. The van der Waals surface area contributed by atoms with Crippen LogP contribution in [-0.4, -0.2) is 18.6 Å². The number of benzene rings is 3. The van der Waals surface area contributed by atoms with E-state index in [0.717, 1.165) is 40.7 Å². The van der Waals surface area contributed by atoms with E-state index in [1.54, 1.807) is 6.07 Å². The van der Waals surface area contributed by atoms with Crippen LogP contribution < -0.4 is 20.5 Å². The van der Waals surface area contributed by atoms with Crippen LogP contribution in [0, 0.1) is 13.8 Å². The molecule has 1 saturated carbocycles. The number of rotatable bonds is 5. The number of amides is 2. The number of carbonyl (C=O) groups excluding carboxylic acids is 2. The van der Waals surface area contributed by atoms with Gasteiger partial charge >= 0.3 is 0 Å². The molecule has 1 heterocycles. The van der Waals surface area contributed by atoms with Crippen molar-refractivity contribution in [3.05, 3.63) is 76.9 Å². The maximum absolute atomic E-state index is 13.3. The third-order valence-electron chi connectivity index (χ3n) is 6.42. The summed E-state index contributed by atoms with van der Waals surface area (Å²) in [6.07, 6.45) is 1.58. The number of hydrogen-bond donors (Lipinski definition) is 2. The first-order chi connectivity index (χ1) is 15.4. The van der Waals surface area contributed by atoms with Gasteiger partial charge in [0, 0.05) is 14.1 Å². The predicted molar refractivity (Wildman–Crippen MR) is 126 cm³/mol. The van der Waals surface area contributed by atoms with Gasteiger partial charge in [-0.15, -0.1) is 0 Å². The van der Waals surface area contributed by atoms with Crippen molar-refractivity contribution in [2.75, 3.05) is 12.1 Å². The highest BCUT2D eigenvalue weighted by atomic mass is 16.7. The minimum Gasteiger partial charge on any atom is -0.454 e. The number of primary amides is 1. The van der Waals surface area contributed by atoms with Gasteiger partial charge < -0.3 is 20.5 Å². The molecule has 32 heavy (non-hydrogen) atoms. The molecule has 0 bridgehead atoms. The van der Waals surface area contributed by atoms with Crippen molar-refractivity contribution in [2.45, 2.75) is 32.1 Å². The second-order valence-corrected chi connectivity index (χ2v) is 8.53. The Morgan fingerprint density at radius 3 is 2.44 bits per heavy atom. The molecule has 2 amide bonds. The molecule has 0 atom stereocenters. The molecule has 0 aromatic heterocycles. The van der Waals surface area contributed by atoms with E-state index in [2.05, 4.69) is 5.32 Å². The Labute approximate surface area is 189 Å². The number of fused-ring (bicyclic) bond motifs is 1. The topological polar surface area (TPSA) is 90.7 Å². The molecule has 1 aliphatic carbocycles. The molecule has 3 aromatic rings. The van der Waals surface area contributed by atoms with Crippen molar-refractivity contribution in [1.82, 2.24) is 0 Å². The highest BCUT2D eigenvalue weighted by Crippen LogP contribution is 2.51. The van der Waals surface area contributed by atoms with Gasteiger partial charge in [0.25, 0.3) is 0 Å². The Hall–Kier alpha value is -3.80. The minimum atomic E-state index is -0.547. The molecule has 3 N–H and O–H groups in total. The summed E-state index contributed by atoms with van der Waals surface area (Å²) in [6, 6.07) is 17.2. The van der Waals surface area contributed by atoms with Crippen molar-refractivity contribution in [3.8, 4) is 22.6 Å². The molecular formula is C26H28N2O4. The van der Waals surface area contributed by atoms with E-state index in [4.69, 9.17) is 15.2 Å². The molecule has 6 heteroatoms. The Morgan fingerprint density at radius 2 is 1.69 bits per heavy atom. The van der Waals surface area contributed by atoms with Crippen LogP contribution in [-0.2, 0) is 10.2 Å². The summed E-state index contributed by atoms with van der Waals surface area (Å²) in [6.45, 7) is 4.07. The fourth-order valence-electron chi connectivity index (χ4n) is 4.28. The van der Waals surface area contributed by atoms with Gasteiger partial charge in [-0.3, -0.25) is 9.59 Å².